The van der Waals surface area contributed by atoms with Gasteiger partial charge in [0.2, 0.25) is 21.7 Å². The molecule has 0 fully saturated rings. The fourth-order valence-electron chi connectivity index (χ4n) is 3.43. The van der Waals surface area contributed by atoms with E-state index < -0.39 is 10.0 Å². The Balaban J connectivity index is 1.76. The van der Waals surface area contributed by atoms with E-state index in [1.165, 1.54) is 35.4 Å². The van der Waals surface area contributed by atoms with Crippen LogP contribution < -0.4 is 19.5 Å². The topological polar surface area (TPSA) is 112 Å². The van der Waals surface area contributed by atoms with Crippen LogP contribution in [-0.4, -0.2) is 63.6 Å². The van der Waals surface area contributed by atoms with Crippen LogP contribution >= 0.6 is 0 Å². The lowest BCUT2D eigenvalue weighted by molar-refractivity contribution is -0.116. The molecule has 0 atom stereocenters. The highest BCUT2D eigenvalue weighted by Gasteiger charge is 2.20. The van der Waals surface area contributed by atoms with E-state index in [9.17, 15) is 13.2 Å². The predicted molar refractivity (Wildman–Crippen MR) is 125 cm³/mol. The van der Waals surface area contributed by atoms with Gasteiger partial charge in [0.25, 0.3) is 0 Å². The number of amides is 1. The van der Waals surface area contributed by atoms with Gasteiger partial charge in [0.1, 0.15) is 5.82 Å². The van der Waals surface area contributed by atoms with Gasteiger partial charge in [0.15, 0.2) is 11.5 Å². The maximum atomic E-state index is 12.6. The molecule has 3 rings (SSSR count). The minimum Gasteiger partial charge on any atom is -0.493 e. The monoisotopic (exact) mass is 476 g/mol. The Morgan fingerprint density at radius 3 is 2.24 bits per heavy atom. The largest absolute Gasteiger partial charge is 0.493 e. The van der Waals surface area contributed by atoms with E-state index in [1.807, 2.05) is 11.6 Å². The van der Waals surface area contributed by atoms with Gasteiger partial charge < -0.3 is 24.1 Å². The van der Waals surface area contributed by atoms with E-state index >= 15 is 0 Å². The van der Waals surface area contributed by atoms with E-state index in [0.717, 1.165) is 9.82 Å². The molecule has 11 heteroatoms. The predicted octanol–water partition coefficient (Wildman–Crippen LogP) is 2.42. The summed E-state index contributed by atoms with van der Waals surface area (Å²) in [6.45, 7) is 0. The molecular formula is C22H28N4O6S. The van der Waals surface area contributed by atoms with E-state index in [4.69, 9.17) is 14.2 Å². The molecule has 0 unspecified atom stereocenters. The average molecular weight is 477 g/mol. The lowest BCUT2D eigenvalue weighted by atomic mass is 10.2. The number of nitrogens with one attached hydrogen (secondary N) is 1. The van der Waals surface area contributed by atoms with Gasteiger partial charge in [-0.05, 0) is 18.2 Å². The van der Waals surface area contributed by atoms with E-state index in [1.54, 1.807) is 30.3 Å². The smallest absolute Gasteiger partial charge is 0.242 e. The van der Waals surface area contributed by atoms with Crippen molar-refractivity contribution in [2.24, 2.45) is 7.05 Å². The van der Waals surface area contributed by atoms with Crippen molar-refractivity contribution >= 4 is 32.7 Å². The molecule has 2 aromatic carbocycles. The number of aromatic nitrogens is 2. The number of rotatable bonds is 9. The molecule has 0 radical (unpaired) electrons. The highest BCUT2D eigenvalue weighted by molar-refractivity contribution is 7.89. The summed E-state index contributed by atoms with van der Waals surface area (Å²) in [6, 6.07) is 8.13. The number of hydrogen-bond donors (Lipinski definition) is 1. The summed E-state index contributed by atoms with van der Waals surface area (Å²) in [7, 11) is 5.76. The third-order valence-corrected chi connectivity index (χ3v) is 7.06. The number of carbonyl (C=O) groups is 1. The minimum atomic E-state index is -3.56. The molecule has 1 N–H and O–H groups in total. The number of ether oxygens (including phenoxy) is 3. The number of sulfonamides is 1. The Hall–Kier alpha value is -3.31. The van der Waals surface area contributed by atoms with Crippen molar-refractivity contribution in [3.63, 3.8) is 0 Å². The summed E-state index contributed by atoms with van der Waals surface area (Å²) in [5.41, 5.74) is 1.85. The highest BCUT2D eigenvalue weighted by atomic mass is 32.2. The van der Waals surface area contributed by atoms with Crippen molar-refractivity contribution in [1.82, 2.24) is 13.9 Å². The fourth-order valence-corrected chi connectivity index (χ4v) is 4.35. The van der Waals surface area contributed by atoms with E-state index in [2.05, 4.69) is 10.3 Å². The second kappa shape index (κ2) is 9.67. The molecule has 0 spiro atoms. The number of imidazole rings is 1. The molecule has 33 heavy (non-hydrogen) atoms. The average Bonchev–Trinajstić information content (AvgIpc) is 3.11. The molecule has 3 aromatic rings. The molecular weight excluding hydrogens is 448 g/mol. The molecule has 0 saturated heterocycles. The van der Waals surface area contributed by atoms with Crippen LogP contribution in [0.4, 0.5) is 5.69 Å². The molecule has 10 nitrogen and oxygen atoms in total. The number of hydrogen-bond acceptors (Lipinski definition) is 7. The van der Waals surface area contributed by atoms with Crippen molar-refractivity contribution in [1.29, 1.82) is 0 Å². The lowest BCUT2D eigenvalue weighted by Gasteiger charge is -2.14. The standard InChI is InChI=1S/C22H28N4O6S/c1-25(2)33(28,29)15-7-8-17-16(13-15)24-20(26(17)3)9-10-21(27)23-14-11-18(30-4)22(32-6)19(12-14)31-5/h7-8,11-13H,9-10H2,1-6H3,(H,23,27). The molecule has 1 heterocycles. The van der Waals surface area contributed by atoms with Crippen LogP contribution in [0.25, 0.3) is 11.0 Å². The van der Waals surface area contributed by atoms with Crippen molar-refractivity contribution in [2.45, 2.75) is 17.7 Å². The first-order valence-corrected chi connectivity index (χ1v) is 11.5. The molecule has 0 aliphatic carbocycles. The van der Waals surface area contributed by atoms with Crippen LogP contribution in [0.1, 0.15) is 12.2 Å². The third kappa shape index (κ3) is 4.88. The molecule has 0 bridgehead atoms. The molecule has 178 valence electrons. The number of nitrogens with zero attached hydrogens (tertiary/aromatic N) is 3. The minimum absolute atomic E-state index is 0.171. The Kier molecular flexibility index (Phi) is 7.13. The zero-order valence-corrected chi connectivity index (χ0v) is 20.3. The van der Waals surface area contributed by atoms with Crippen molar-refractivity contribution in [2.75, 3.05) is 40.7 Å². The molecule has 1 amide bonds. The van der Waals surface area contributed by atoms with Gasteiger partial charge in [-0.15, -0.1) is 0 Å². The van der Waals surface area contributed by atoms with Crippen molar-refractivity contribution in [3.05, 3.63) is 36.2 Å². The quantitative estimate of drug-likeness (QED) is 0.505. The van der Waals surface area contributed by atoms with Crippen LogP contribution in [-0.2, 0) is 28.3 Å². The molecule has 0 aliphatic rings. The molecule has 1 aromatic heterocycles. The normalized spacial score (nSPS) is 11.6. The first-order valence-electron chi connectivity index (χ1n) is 10.1. The van der Waals surface area contributed by atoms with Gasteiger partial charge in [0.05, 0.1) is 37.3 Å². The van der Waals surface area contributed by atoms with Crippen LogP contribution in [0, 0.1) is 0 Å². The fraction of sp³-hybridized carbons (Fsp3) is 0.364. The van der Waals surface area contributed by atoms with Gasteiger partial charge in [-0.1, -0.05) is 0 Å². The number of anilines is 1. The van der Waals surface area contributed by atoms with E-state index in [-0.39, 0.29) is 17.2 Å². The second-order valence-electron chi connectivity index (χ2n) is 7.49. The van der Waals surface area contributed by atoms with Crippen molar-refractivity contribution in [3.8, 4) is 17.2 Å². The number of benzene rings is 2. The zero-order chi connectivity index (χ0) is 24.3. The Labute approximate surface area is 193 Å². The summed E-state index contributed by atoms with van der Waals surface area (Å²) < 4.78 is 43.7. The van der Waals surface area contributed by atoms with Crippen LogP contribution in [0.3, 0.4) is 0 Å². The third-order valence-electron chi connectivity index (χ3n) is 5.25. The number of carbonyl (C=O) groups excluding carboxylic acids is 1. The van der Waals surface area contributed by atoms with E-state index in [0.29, 0.717) is 40.7 Å². The van der Waals surface area contributed by atoms with Gasteiger partial charge >= 0.3 is 0 Å². The highest BCUT2D eigenvalue weighted by Crippen LogP contribution is 2.40. The van der Waals surface area contributed by atoms with Gasteiger partial charge in [-0.2, -0.15) is 0 Å². The van der Waals surface area contributed by atoms with Crippen LogP contribution in [0.15, 0.2) is 35.2 Å². The first-order chi connectivity index (χ1) is 15.6. The lowest BCUT2D eigenvalue weighted by Crippen LogP contribution is -2.22. The first kappa shape index (κ1) is 24.3. The summed E-state index contributed by atoms with van der Waals surface area (Å²) in [5, 5.41) is 2.83. The Bertz CT molecular complexity index is 1260. The van der Waals surface area contributed by atoms with Gasteiger partial charge in [-0.3, -0.25) is 4.79 Å². The number of aryl methyl sites for hydroxylation is 2. The molecule has 0 aliphatic heterocycles. The summed E-state index contributed by atoms with van der Waals surface area (Å²) >= 11 is 0. The Morgan fingerprint density at radius 2 is 1.70 bits per heavy atom. The van der Waals surface area contributed by atoms with Crippen molar-refractivity contribution < 1.29 is 27.4 Å². The number of fused-ring (bicyclic) bond motifs is 1. The maximum Gasteiger partial charge on any atom is 0.242 e. The summed E-state index contributed by atoms with van der Waals surface area (Å²) in [6.07, 6.45) is 0.549. The summed E-state index contributed by atoms with van der Waals surface area (Å²) in [4.78, 5) is 17.3. The van der Waals surface area contributed by atoms with Gasteiger partial charge in [-0.25, -0.2) is 17.7 Å². The SMILES string of the molecule is COc1cc(NC(=O)CCc2nc3cc(S(=O)(=O)N(C)C)ccc3n2C)cc(OC)c1OC. The van der Waals surface area contributed by atoms with Gasteiger partial charge in [0, 0.05) is 51.8 Å². The van der Waals surface area contributed by atoms with Crippen LogP contribution in [0.5, 0.6) is 17.2 Å². The zero-order valence-electron chi connectivity index (χ0n) is 19.5. The summed E-state index contributed by atoms with van der Waals surface area (Å²) in [5.74, 6) is 1.77. The second-order valence-corrected chi connectivity index (χ2v) is 9.64. The Morgan fingerprint density at radius 1 is 1.06 bits per heavy atom. The molecule has 0 saturated carbocycles. The van der Waals surface area contributed by atoms with Crippen LogP contribution in [0.2, 0.25) is 0 Å². The maximum absolute atomic E-state index is 12.6. The number of methoxy groups -OCH3 is 3.